The molecule has 2 heterocycles. The van der Waals surface area contributed by atoms with Gasteiger partial charge in [0, 0.05) is 16.8 Å². The smallest absolute Gasteiger partial charge is 0.289 e. The van der Waals surface area contributed by atoms with E-state index < -0.39 is 0 Å². The van der Waals surface area contributed by atoms with Crippen LogP contribution in [0.5, 0.6) is 5.75 Å². The Labute approximate surface area is 225 Å². The average Bonchev–Trinajstić information content (AvgIpc) is 3.34. The van der Waals surface area contributed by atoms with Crippen molar-refractivity contribution in [3.8, 4) is 5.75 Å². The summed E-state index contributed by atoms with van der Waals surface area (Å²) in [7, 11) is 4.10. The van der Waals surface area contributed by atoms with E-state index in [9.17, 15) is 4.39 Å². The molecule has 2 N–H and O–H groups in total. The summed E-state index contributed by atoms with van der Waals surface area (Å²) in [5.74, 6) is 0.822. The molecule has 0 aliphatic carbocycles. The van der Waals surface area contributed by atoms with Crippen LogP contribution in [0, 0.1) is 5.82 Å². The molecule has 1 aliphatic heterocycles. The molecule has 0 amide bonds. The summed E-state index contributed by atoms with van der Waals surface area (Å²) in [6.45, 7) is 1.74. The number of ether oxygens (including phenoxy) is 2. The Morgan fingerprint density at radius 2 is 1.89 bits per heavy atom. The van der Waals surface area contributed by atoms with E-state index in [0.717, 1.165) is 40.8 Å². The van der Waals surface area contributed by atoms with E-state index in [4.69, 9.17) is 21.1 Å². The van der Waals surface area contributed by atoms with Gasteiger partial charge in [-0.3, -0.25) is 0 Å². The summed E-state index contributed by atoms with van der Waals surface area (Å²) >= 11 is 6.47. The van der Waals surface area contributed by atoms with Crippen LogP contribution >= 0.6 is 11.6 Å². The molecule has 0 radical (unpaired) electrons. The lowest BCUT2D eigenvalue weighted by atomic mass is 10.2. The highest BCUT2D eigenvalue weighted by atomic mass is 35.5. The van der Waals surface area contributed by atoms with Crippen molar-refractivity contribution in [2.45, 2.75) is 19.1 Å². The van der Waals surface area contributed by atoms with Crippen LogP contribution < -0.4 is 15.4 Å². The van der Waals surface area contributed by atoms with E-state index in [1.807, 2.05) is 38.4 Å². The van der Waals surface area contributed by atoms with Gasteiger partial charge in [0.15, 0.2) is 0 Å². The van der Waals surface area contributed by atoms with Crippen molar-refractivity contribution in [2.24, 2.45) is 4.99 Å². The second kappa shape index (κ2) is 11.6. The minimum atomic E-state index is -0.305. The van der Waals surface area contributed by atoms with Gasteiger partial charge < -0.3 is 25.0 Å². The number of halogens is 2. The standard InChI is InChI=1S/C28H28ClFN6O2/c1-36(2)11-10-22-16-38-28(35-22)34-20-6-8-25-23(13-20)27(32-17-31-25)33-21-7-9-26(24(29)14-21)37-15-18-4-3-5-19(30)12-18/h3-9,12-14,17,22H,10-11,15-16H2,1-2H3,(H,34,35)(H,31,32,33)/t22-/m0/s1. The van der Waals surface area contributed by atoms with E-state index in [2.05, 4.69) is 30.5 Å². The maximum atomic E-state index is 13.4. The Bertz CT molecular complexity index is 1460. The monoisotopic (exact) mass is 534 g/mol. The van der Waals surface area contributed by atoms with Crippen LogP contribution in [-0.4, -0.2) is 54.2 Å². The summed E-state index contributed by atoms with van der Waals surface area (Å²) in [6.07, 6.45) is 2.45. The topological polar surface area (TPSA) is 83.9 Å². The summed E-state index contributed by atoms with van der Waals surface area (Å²) in [5, 5.41) is 7.82. The SMILES string of the molecule is CN(C)CC[C@H]1COC(Nc2ccc3ncnc(Nc4ccc(OCc5cccc(F)c5)c(Cl)c4)c3c2)=N1. The summed E-state index contributed by atoms with van der Waals surface area (Å²) in [5.41, 5.74) is 3.06. The van der Waals surface area contributed by atoms with Gasteiger partial charge >= 0.3 is 0 Å². The molecule has 4 aromatic rings. The number of amidine groups is 1. The first kappa shape index (κ1) is 25.7. The Morgan fingerprint density at radius 1 is 1.05 bits per heavy atom. The molecule has 0 saturated heterocycles. The lowest BCUT2D eigenvalue weighted by Crippen LogP contribution is -2.19. The molecular formula is C28H28ClFN6O2. The molecule has 0 bridgehead atoms. The van der Waals surface area contributed by atoms with Crippen molar-refractivity contribution in [3.63, 3.8) is 0 Å². The van der Waals surface area contributed by atoms with E-state index >= 15 is 0 Å². The molecule has 0 saturated carbocycles. The van der Waals surface area contributed by atoms with Crippen LogP contribution in [0.4, 0.5) is 21.6 Å². The van der Waals surface area contributed by atoms with Gasteiger partial charge in [0.05, 0.1) is 16.6 Å². The number of nitrogens with zero attached hydrogens (tertiary/aromatic N) is 4. The number of anilines is 3. The molecule has 3 aromatic carbocycles. The van der Waals surface area contributed by atoms with E-state index in [1.165, 1.54) is 18.5 Å². The minimum absolute atomic E-state index is 0.145. The van der Waals surface area contributed by atoms with Crippen LogP contribution in [0.15, 0.2) is 72.0 Å². The fraction of sp³-hybridized carbons (Fsp3) is 0.250. The Kier molecular flexibility index (Phi) is 7.86. The van der Waals surface area contributed by atoms with Gasteiger partial charge in [-0.25, -0.2) is 19.4 Å². The molecule has 5 rings (SSSR count). The molecule has 196 valence electrons. The molecule has 0 fully saturated rings. The number of hydrogen-bond acceptors (Lipinski definition) is 8. The van der Waals surface area contributed by atoms with Gasteiger partial charge in [-0.2, -0.15) is 0 Å². The van der Waals surface area contributed by atoms with Gasteiger partial charge in [0.25, 0.3) is 6.02 Å². The van der Waals surface area contributed by atoms with Crippen molar-refractivity contribution in [2.75, 3.05) is 37.9 Å². The molecule has 1 atom stereocenters. The maximum absolute atomic E-state index is 13.4. The van der Waals surface area contributed by atoms with E-state index in [-0.39, 0.29) is 18.5 Å². The quantitative estimate of drug-likeness (QED) is 0.278. The van der Waals surface area contributed by atoms with Crippen molar-refractivity contribution in [3.05, 3.63) is 83.4 Å². The molecule has 1 aromatic heterocycles. The Balaban J connectivity index is 1.28. The van der Waals surface area contributed by atoms with Crippen LogP contribution in [-0.2, 0) is 11.3 Å². The van der Waals surface area contributed by atoms with Crippen LogP contribution in [0.2, 0.25) is 5.02 Å². The zero-order valence-electron chi connectivity index (χ0n) is 21.1. The Morgan fingerprint density at radius 3 is 2.71 bits per heavy atom. The van der Waals surface area contributed by atoms with Crippen molar-refractivity contribution in [1.82, 2.24) is 14.9 Å². The van der Waals surface area contributed by atoms with Crippen molar-refractivity contribution >= 4 is 45.7 Å². The molecule has 1 aliphatic rings. The second-order valence-corrected chi connectivity index (χ2v) is 9.67. The number of rotatable bonds is 9. The highest BCUT2D eigenvalue weighted by molar-refractivity contribution is 6.32. The predicted octanol–water partition coefficient (Wildman–Crippen LogP) is 5.86. The lowest BCUT2D eigenvalue weighted by Gasteiger charge is -2.13. The molecule has 38 heavy (non-hydrogen) atoms. The van der Waals surface area contributed by atoms with Crippen LogP contribution in [0.25, 0.3) is 10.9 Å². The minimum Gasteiger partial charge on any atom is -0.487 e. The molecule has 0 unspecified atom stereocenters. The van der Waals surface area contributed by atoms with Gasteiger partial charge in [-0.05, 0) is 81.2 Å². The third-order valence-electron chi connectivity index (χ3n) is 5.99. The number of aromatic nitrogens is 2. The number of benzene rings is 3. The molecule has 10 heteroatoms. The first-order valence-corrected chi connectivity index (χ1v) is 12.6. The Hall–Kier alpha value is -3.95. The third kappa shape index (κ3) is 6.48. The van der Waals surface area contributed by atoms with Gasteiger partial charge in [-0.15, -0.1) is 0 Å². The van der Waals surface area contributed by atoms with E-state index in [0.29, 0.717) is 29.2 Å². The van der Waals surface area contributed by atoms with Crippen LogP contribution in [0.3, 0.4) is 0 Å². The van der Waals surface area contributed by atoms with E-state index in [1.54, 1.807) is 24.3 Å². The van der Waals surface area contributed by atoms with Crippen molar-refractivity contribution in [1.29, 1.82) is 0 Å². The highest BCUT2D eigenvalue weighted by Crippen LogP contribution is 2.31. The molecule has 8 nitrogen and oxygen atoms in total. The fourth-order valence-electron chi connectivity index (χ4n) is 4.02. The second-order valence-electron chi connectivity index (χ2n) is 9.26. The number of nitrogens with one attached hydrogen (secondary N) is 2. The van der Waals surface area contributed by atoms with Gasteiger partial charge in [0.2, 0.25) is 0 Å². The zero-order valence-corrected chi connectivity index (χ0v) is 21.9. The molecule has 0 spiro atoms. The van der Waals surface area contributed by atoms with Gasteiger partial charge in [0.1, 0.15) is 36.9 Å². The summed E-state index contributed by atoms with van der Waals surface area (Å²) in [4.78, 5) is 15.6. The number of aliphatic imine (C=N–C) groups is 1. The largest absolute Gasteiger partial charge is 0.487 e. The first-order valence-electron chi connectivity index (χ1n) is 12.2. The average molecular weight is 535 g/mol. The number of hydrogen-bond donors (Lipinski definition) is 2. The fourth-order valence-corrected chi connectivity index (χ4v) is 4.25. The lowest BCUT2D eigenvalue weighted by molar-refractivity contribution is 0.294. The van der Waals surface area contributed by atoms with Crippen LogP contribution in [0.1, 0.15) is 12.0 Å². The molecular weight excluding hydrogens is 507 g/mol. The summed E-state index contributed by atoms with van der Waals surface area (Å²) < 4.78 is 24.9. The highest BCUT2D eigenvalue weighted by Gasteiger charge is 2.19. The van der Waals surface area contributed by atoms with Gasteiger partial charge in [-0.1, -0.05) is 23.7 Å². The number of fused-ring (bicyclic) bond motifs is 1. The first-order chi connectivity index (χ1) is 18.4. The summed E-state index contributed by atoms with van der Waals surface area (Å²) in [6, 6.07) is 18.1. The predicted molar refractivity (Wildman–Crippen MR) is 149 cm³/mol. The third-order valence-corrected chi connectivity index (χ3v) is 6.28. The zero-order chi connectivity index (χ0) is 26.5. The van der Waals surface area contributed by atoms with Crippen molar-refractivity contribution < 1.29 is 13.9 Å². The normalized spacial score (nSPS) is 14.9. The maximum Gasteiger partial charge on any atom is 0.289 e.